The van der Waals surface area contributed by atoms with E-state index in [4.69, 9.17) is 10.5 Å². The van der Waals surface area contributed by atoms with Gasteiger partial charge in [-0.05, 0) is 30.9 Å². The van der Waals surface area contributed by atoms with Gasteiger partial charge in [0.1, 0.15) is 5.82 Å². The molecule has 2 N–H and O–H groups in total. The van der Waals surface area contributed by atoms with Crippen molar-refractivity contribution >= 4 is 5.82 Å². The first-order valence-corrected chi connectivity index (χ1v) is 5.24. The van der Waals surface area contributed by atoms with Gasteiger partial charge in [-0.1, -0.05) is 0 Å². The van der Waals surface area contributed by atoms with Crippen LogP contribution in [0.15, 0.2) is 16.9 Å². The van der Waals surface area contributed by atoms with Crippen LogP contribution in [0.1, 0.15) is 24.8 Å². The molecule has 0 unspecified atom stereocenters. The molecular weight excluding hydrogens is 192 g/mol. The maximum atomic E-state index is 11.4. The summed E-state index contributed by atoms with van der Waals surface area (Å²) in [5, 5.41) is 0. The molecule has 0 spiro atoms. The Balaban J connectivity index is 2.04. The van der Waals surface area contributed by atoms with Crippen LogP contribution in [0.2, 0.25) is 0 Å². The molecule has 1 saturated carbocycles. The van der Waals surface area contributed by atoms with Crippen LogP contribution in [0.25, 0.3) is 0 Å². The van der Waals surface area contributed by atoms with Gasteiger partial charge in [0.2, 0.25) is 0 Å². The molecule has 0 radical (unpaired) electrons. The van der Waals surface area contributed by atoms with E-state index in [1.165, 1.54) is 11.0 Å². The summed E-state index contributed by atoms with van der Waals surface area (Å²) in [6.07, 6.45) is 3.92. The summed E-state index contributed by atoms with van der Waals surface area (Å²) in [7, 11) is 1.66. The first-order valence-electron chi connectivity index (χ1n) is 5.24. The van der Waals surface area contributed by atoms with E-state index in [1.807, 2.05) is 0 Å². The van der Waals surface area contributed by atoms with Crippen LogP contribution in [0.4, 0.5) is 5.82 Å². The highest BCUT2D eigenvalue weighted by Gasteiger charge is 2.17. The molecule has 0 aromatic carbocycles. The first kappa shape index (κ1) is 10.2. The maximum Gasteiger partial charge on any atom is 0.252 e. The number of rotatable bonds is 3. The van der Waals surface area contributed by atoms with Crippen LogP contribution in [-0.2, 0) is 18.4 Å². The Morgan fingerprint density at radius 1 is 1.53 bits per heavy atom. The Morgan fingerprint density at radius 2 is 2.27 bits per heavy atom. The molecule has 1 aliphatic rings. The predicted octanol–water partition coefficient (Wildman–Crippen LogP) is 1.04. The topological polar surface area (TPSA) is 57.2 Å². The fourth-order valence-corrected chi connectivity index (χ4v) is 1.55. The fraction of sp³-hybridized carbons (Fsp3) is 0.545. The summed E-state index contributed by atoms with van der Waals surface area (Å²) >= 11 is 0. The Labute approximate surface area is 88.7 Å². The zero-order valence-corrected chi connectivity index (χ0v) is 8.90. The minimum atomic E-state index is -0.0813. The molecular formula is C11H16N2O2. The standard InChI is InChI=1S/C11H16N2O2/c1-13-10(12)5-8(6-11(13)14)7-15-9-3-2-4-9/h5-6,9H,2-4,7,12H2,1H3. The van der Waals surface area contributed by atoms with Crippen LogP contribution in [0, 0.1) is 0 Å². The van der Waals surface area contributed by atoms with Crippen molar-refractivity contribution in [2.75, 3.05) is 5.73 Å². The van der Waals surface area contributed by atoms with Crippen LogP contribution >= 0.6 is 0 Å². The lowest BCUT2D eigenvalue weighted by Gasteiger charge is -2.25. The highest BCUT2D eigenvalue weighted by molar-refractivity contribution is 5.33. The third kappa shape index (κ3) is 2.21. The second kappa shape index (κ2) is 4.06. The smallest absolute Gasteiger partial charge is 0.252 e. The molecule has 82 valence electrons. The van der Waals surface area contributed by atoms with Gasteiger partial charge in [0.05, 0.1) is 12.7 Å². The Kier molecular flexibility index (Phi) is 2.77. The molecule has 0 saturated heterocycles. The van der Waals surface area contributed by atoms with Crippen LogP contribution < -0.4 is 11.3 Å². The lowest BCUT2D eigenvalue weighted by Crippen LogP contribution is -2.23. The third-order valence-corrected chi connectivity index (χ3v) is 2.90. The zero-order chi connectivity index (χ0) is 10.8. The van der Waals surface area contributed by atoms with Crippen molar-refractivity contribution in [1.29, 1.82) is 0 Å². The van der Waals surface area contributed by atoms with Crippen molar-refractivity contribution in [2.45, 2.75) is 32.0 Å². The highest BCUT2D eigenvalue weighted by atomic mass is 16.5. The largest absolute Gasteiger partial charge is 0.385 e. The van der Waals surface area contributed by atoms with E-state index < -0.39 is 0 Å². The normalized spacial score (nSPS) is 16.3. The summed E-state index contributed by atoms with van der Waals surface area (Å²) in [5.41, 5.74) is 6.46. The molecule has 0 aliphatic heterocycles. The first-order chi connectivity index (χ1) is 7.16. The summed E-state index contributed by atoms with van der Waals surface area (Å²) in [6, 6.07) is 3.37. The number of anilines is 1. The van der Waals surface area contributed by atoms with Crippen molar-refractivity contribution in [3.63, 3.8) is 0 Å². The number of hydrogen-bond acceptors (Lipinski definition) is 3. The minimum Gasteiger partial charge on any atom is -0.385 e. The fourth-order valence-electron chi connectivity index (χ4n) is 1.55. The van der Waals surface area contributed by atoms with Gasteiger partial charge in [-0.15, -0.1) is 0 Å². The Morgan fingerprint density at radius 3 is 2.80 bits per heavy atom. The van der Waals surface area contributed by atoms with Gasteiger partial charge >= 0.3 is 0 Å². The van der Waals surface area contributed by atoms with E-state index in [2.05, 4.69) is 0 Å². The number of nitrogens with zero attached hydrogens (tertiary/aromatic N) is 1. The van der Waals surface area contributed by atoms with Crippen molar-refractivity contribution in [1.82, 2.24) is 4.57 Å². The van der Waals surface area contributed by atoms with Gasteiger partial charge in [-0.2, -0.15) is 0 Å². The number of nitrogen functional groups attached to an aromatic ring is 1. The maximum absolute atomic E-state index is 11.4. The van der Waals surface area contributed by atoms with Gasteiger partial charge in [0.15, 0.2) is 0 Å². The van der Waals surface area contributed by atoms with Gasteiger partial charge in [0, 0.05) is 13.1 Å². The molecule has 4 nitrogen and oxygen atoms in total. The summed E-state index contributed by atoms with van der Waals surface area (Å²) < 4.78 is 7.03. The molecule has 15 heavy (non-hydrogen) atoms. The summed E-state index contributed by atoms with van der Waals surface area (Å²) in [4.78, 5) is 11.4. The Bertz CT molecular complexity index is 408. The molecule has 1 aliphatic carbocycles. The Hall–Kier alpha value is -1.29. The van der Waals surface area contributed by atoms with E-state index in [9.17, 15) is 4.79 Å². The van der Waals surface area contributed by atoms with E-state index in [0.717, 1.165) is 18.4 Å². The van der Waals surface area contributed by atoms with E-state index in [1.54, 1.807) is 19.2 Å². The van der Waals surface area contributed by atoms with Crippen molar-refractivity contribution < 1.29 is 4.74 Å². The number of aromatic nitrogens is 1. The number of pyridine rings is 1. The average Bonchev–Trinajstić information content (AvgIpc) is 2.11. The molecule has 0 atom stereocenters. The molecule has 1 aromatic heterocycles. The lowest BCUT2D eigenvalue weighted by atomic mass is 9.96. The molecule has 1 heterocycles. The lowest BCUT2D eigenvalue weighted by molar-refractivity contribution is -0.00871. The van der Waals surface area contributed by atoms with Gasteiger partial charge < -0.3 is 10.5 Å². The second-order valence-electron chi connectivity index (χ2n) is 4.05. The molecule has 1 aromatic rings. The average molecular weight is 208 g/mol. The minimum absolute atomic E-state index is 0.0813. The molecule has 0 bridgehead atoms. The monoisotopic (exact) mass is 208 g/mol. The van der Waals surface area contributed by atoms with Crippen molar-refractivity contribution in [3.8, 4) is 0 Å². The highest BCUT2D eigenvalue weighted by Crippen LogP contribution is 2.23. The summed E-state index contributed by atoms with van der Waals surface area (Å²) in [6.45, 7) is 0.491. The van der Waals surface area contributed by atoms with Crippen LogP contribution in [0.5, 0.6) is 0 Å². The van der Waals surface area contributed by atoms with E-state index in [0.29, 0.717) is 18.5 Å². The van der Waals surface area contributed by atoms with Gasteiger partial charge in [-0.25, -0.2) is 0 Å². The molecule has 0 amide bonds. The number of hydrogen-bond donors (Lipinski definition) is 1. The summed E-state index contributed by atoms with van der Waals surface area (Å²) in [5.74, 6) is 0.481. The number of nitrogens with two attached hydrogens (primary N) is 1. The van der Waals surface area contributed by atoms with Crippen LogP contribution in [0.3, 0.4) is 0 Å². The van der Waals surface area contributed by atoms with E-state index >= 15 is 0 Å². The molecule has 1 fully saturated rings. The quantitative estimate of drug-likeness (QED) is 0.807. The molecule has 2 rings (SSSR count). The number of ether oxygens (including phenoxy) is 1. The SMILES string of the molecule is Cn1c(N)cc(COC2CCC2)cc1=O. The predicted molar refractivity (Wildman–Crippen MR) is 58.5 cm³/mol. The van der Waals surface area contributed by atoms with Crippen LogP contribution in [-0.4, -0.2) is 10.7 Å². The zero-order valence-electron chi connectivity index (χ0n) is 8.90. The third-order valence-electron chi connectivity index (χ3n) is 2.90. The molecule has 4 heteroatoms. The van der Waals surface area contributed by atoms with E-state index in [-0.39, 0.29) is 5.56 Å². The van der Waals surface area contributed by atoms with Gasteiger partial charge in [0.25, 0.3) is 5.56 Å². The van der Waals surface area contributed by atoms with Crippen molar-refractivity contribution in [3.05, 3.63) is 28.0 Å². The van der Waals surface area contributed by atoms with Gasteiger partial charge in [-0.3, -0.25) is 9.36 Å². The van der Waals surface area contributed by atoms with Crippen molar-refractivity contribution in [2.24, 2.45) is 7.05 Å². The second-order valence-corrected chi connectivity index (χ2v) is 4.05.